The van der Waals surface area contributed by atoms with Crippen molar-refractivity contribution in [2.45, 2.75) is 45.1 Å². The molecular weight excluding hydrogens is 378 g/mol. The third kappa shape index (κ3) is 4.13. The number of fused-ring (bicyclic) bond motifs is 1. The van der Waals surface area contributed by atoms with Gasteiger partial charge in [-0.1, -0.05) is 6.07 Å². The van der Waals surface area contributed by atoms with E-state index in [0.717, 1.165) is 61.4 Å². The molecular formula is C24H29N3O3. The molecule has 0 radical (unpaired) electrons. The Balaban J connectivity index is 1.49. The van der Waals surface area contributed by atoms with E-state index in [2.05, 4.69) is 11.1 Å². The maximum atomic E-state index is 13.3. The molecule has 0 bridgehead atoms. The van der Waals surface area contributed by atoms with Crippen LogP contribution in [0, 0.1) is 6.92 Å². The lowest BCUT2D eigenvalue weighted by Crippen LogP contribution is -2.44. The summed E-state index contributed by atoms with van der Waals surface area (Å²) >= 11 is 0. The van der Waals surface area contributed by atoms with Crippen molar-refractivity contribution in [3.63, 3.8) is 0 Å². The number of methoxy groups -OCH3 is 2. The molecule has 0 aliphatic carbocycles. The standard InChI is InChI=1S/C24H29N3O3/c1-17-11-13-26-16-20(25-23(26)14-17)24(28)27-12-5-4-6-19(27)9-7-18-8-10-21(29-2)22(15-18)30-3/h8,10-11,13-16,19H,4-7,9,12H2,1-3H3. The van der Waals surface area contributed by atoms with Crippen molar-refractivity contribution < 1.29 is 14.3 Å². The molecule has 1 fully saturated rings. The molecule has 0 spiro atoms. The van der Waals surface area contributed by atoms with E-state index < -0.39 is 0 Å². The van der Waals surface area contributed by atoms with Crippen LogP contribution in [-0.2, 0) is 6.42 Å². The summed E-state index contributed by atoms with van der Waals surface area (Å²) < 4.78 is 12.7. The number of aromatic nitrogens is 2. The van der Waals surface area contributed by atoms with E-state index in [1.165, 1.54) is 5.56 Å². The lowest BCUT2D eigenvalue weighted by molar-refractivity contribution is 0.0596. The van der Waals surface area contributed by atoms with E-state index in [9.17, 15) is 4.79 Å². The van der Waals surface area contributed by atoms with Crippen molar-refractivity contribution in [2.24, 2.45) is 0 Å². The minimum atomic E-state index is 0.0355. The van der Waals surface area contributed by atoms with Crippen LogP contribution in [0.2, 0.25) is 0 Å². The van der Waals surface area contributed by atoms with Gasteiger partial charge >= 0.3 is 0 Å². The lowest BCUT2D eigenvalue weighted by atomic mass is 9.95. The van der Waals surface area contributed by atoms with Crippen LogP contribution in [-0.4, -0.2) is 47.0 Å². The highest BCUT2D eigenvalue weighted by Gasteiger charge is 2.28. The second kappa shape index (κ2) is 8.78. The van der Waals surface area contributed by atoms with Crippen molar-refractivity contribution in [1.29, 1.82) is 0 Å². The number of imidazole rings is 1. The molecule has 1 unspecified atom stereocenters. The SMILES string of the molecule is COc1ccc(CCC2CCCCN2C(=O)c2cn3ccc(C)cc3n2)cc1OC. The first-order valence-electron chi connectivity index (χ1n) is 10.6. The number of benzene rings is 1. The third-order valence-electron chi connectivity index (χ3n) is 5.94. The monoisotopic (exact) mass is 407 g/mol. The van der Waals surface area contributed by atoms with Gasteiger partial charge in [0.05, 0.1) is 14.2 Å². The van der Waals surface area contributed by atoms with Crippen molar-refractivity contribution >= 4 is 11.6 Å². The van der Waals surface area contributed by atoms with Crippen molar-refractivity contribution in [1.82, 2.24) is 14.3 Å². The second-order valence-corrected chi connectivity index (χ2v) is 7.97. The van der Waals surface area contributed by atoms with Crippen LogP contribution in [0.1, 0.15) is 47.3 Å². The van der Waals surface area contributed by atoms with Gasteiger partial charge in [0.2, 0.25) is 0 Å². The Kier molecular flexibility index (Phi) is 5.93. The number of piperidine rings is 1. The molecule has 1 aliphatic heterocycles. The maximum absolute atomic E-state index is 13.3. The Labute approximate surface area is 177 Å². The summed E-state index contributed by atoms with van der Waals surface area (Å²) in [5.74, 6) is 1.51. The highest BCUT2D eigenvalue weighted by molar-refractivity contribution is 5.93. The van der Waals surface area contributed by atoms with Crippen LogP contribution in [0.15, 0.2) is 42.7 Å². The molecule has 3 aromatic rings. The van der Waals surface area contributed by atoms with Gasteiger partial charge in [-0.05, 0) is 74.4 Å². The summed E-state index contributed by atoms with van der Waals surface area (Å²) in [6, 6.07) is 10.3. The molecule has 6 nitrogen and oxygen atoms in total. The summed E-state index contributed by atoms with van der Waals surface area (Å²) in [7, 11) is 3.29. The fraction of sp³-hybridized carbons (Fsp3) is 0.417. The normalized spacial score (nSPS) is 16.6. The van der Waals surface area contributed by atoms with Crippen LogP contribution in [0.3, 0.4) is 0 Å². The molecule has 158 valence electrons. The van der Waals surface area contributed by atoms with Gasteiger partial charge in [0.15, 0.2) is 11.5 Å². The van der Waals surface area contributed by atoms with E-state index in [-0.39, 0.29) is 11.9 Å². The van der Waals surface area contributed by atoms with Crippen LogP contribution in [0.5, 0.6) is 11.5 Å². The molecule has 6 heteroatoms. The molecule has 1 aromatic carbocycles. The largest absolute Gasteiger partial charge is 0.493 e. The number of likely N-dealkylation sites (tertiary alicyclic amines) is 1. The Morgan fingerprint density at radius 3 is 2.77 bits per heavy atom. The summed E-state index contributed by atoms with van der Waals surface area (Å²) in [5, 5.41) is 0. The summed E-state index contributed by atoms with van der Waals surface area (Å²) in [6.45, 7) is 2.83. The molecule has 3 heterocycles. The van der Waals surface area contributed by atoms with Gasteiger partial charge in [-0.2, -0.15) is 0 Å². The zero-order valence-corrected chi connectivity index (χ0v) is 17.9. The van der Waals surface area contributed by atoms with Gasteiger partial charge in [0.1, 0.15) is 11.3 Å². The predicted octanol–water partition coefficient (Wildman–Crippen LogP) is 4.29. The highest BCUT2D eigenvalue weighted by atomic mass is 16.5. The average Bonchev–Trinajstić information content (AvgIpc) is 3.20. The van der Waals surface area contributed by atoms with E-state index in [0.29, 0.717) is 5.69 Å². The van der Waals surface area contributed by atoms with Crippen molar-refractivity contribution in [2.75, 3.05) is 20.8 Å². The van der Waals surface area contributed by atoms with Gasteiger partial charge in [-0.15, -0.1) is 0 Å². The Hall–Kier alpha value is -3.02. The van der Waals surface area contributed by atoms with Crippen LogP contribution < -0.4 is 9.47 Å². The van der Waals surface area contributed by atoms with Crippen molar-refractivity contribution in [3.05, 3.63) is 59.5 Å². The number of carbonyl (C=O) groups excluding carboxylic acids is 1. The number of carbonyl (C=O) groups is 1. The molecule has 0 N–H and O–H groups in total. The Morgan fingerprint density at radius 2 is 1.97 bits per heavy atom. The lowest BCUT2D eigenvalue weighted by Gasteiger charge is -2.35. The minimum Gasteiger partial charge on any atom is -0.493 e. The predicted molar refractivity (Wildman–Crippen MR) is 116 cm³/mol. The summed E-state index contributed by atoms with van der Waals surface area (Å²) in [6.07, 6.45) is 8.85. The van der Waals surface area contributed by atoms with Gasteiger partial charge < -0.3 is 18.8 Å². The first-order chi connectivity index (χ1) is 14.6. The van der Waals surface area contributed by atoms with Crippen molar-refractivity contribution in [3.8, 4) is 11.5 Å². The fourth-order valence-corrected chi connectivity index (χ4v) is 4.27. The first-order valence-corrected chi connectivity index (χ1v) is 10.6. The molecule has 1 aliphatic rings. The number of ether oxygens (including phenoxy) is 2. The summed E-state index contributed by atoms with van der Waals surface area (Å²) in [4.78, 5) is 19.9. The van der Waals surface area contributed by atoms with Gasteiger partial charge in [-0.25, -0.2) is 4.98 Å². The van der Waals surface area contributed by atoms with Gasteiger partial charge in [0, 0.05) is 25.0 Å². The zero-order chi connectivity index (χ0) is 21.1. The maximum Gasteiger partial charge on any atom is 0.274 e. The van der Waals surface area contributed by atoms with Crippen LogP contribution >= 0.6 is 0 Å². The fourth-order valence-electron chi connectivity index (χ4n) is 4.27. The quantitative estimate of drug-likeness (QED) is 0.612. The number of amides is 1. The Bertz CT molecular complexity index is 1040. The third-order valence-corrected chi connectivity index (χ3v) is 5.94. The van der Waals surface area contributed by atoms with E-state index in [4.69, 9.17) is 9.47 Å². The minimum absolute atomic E-state index is 0.0355. The molecule has 1 amide bonds. The molecule has 2 aromatic heterocycles. The Morgan fingerprint density at radius 1 is 1.13 bits per heavy atom. The van der Waals surface area contributed by atoms with Crippen LogP contribution in [0.4, 0.5) is 0 Å². The molecule has 1 atom stereocenters. The second-order valence-electron chi connectivity index (χ2n) is 7.97. The van der Waals surface area contributed by atoms with E-state index in [1.807, 2.05) is 52.9 Å². The molecule has 0 saturated carbocycles. The highest BCUT2D eigenvalue weighted by Crippen LogP contribution is 2.29. The van der Waals surface area contributed by atoms with Gasteiger partial charge in [-0.3, -0.25) is 4.79 Å². The summed E-state index contributed by atoms with van der Waals surface area (Å²) in [5.41, 5.74) is 3.67. The topological polar surface area (TPSA) is 56.1 Å². The van der Waals surface area contributed by atoms with Gasteiger partial charge in [0.25, 0.3) is 5.91 Å². The number of hydrogen-bond acceptors (Lipinski definition) is 4. The number of hydrogen-bond donors (Lipinski definition) is 0. The van der Waals surface area contributed by atoms with Crippen LogP contribution in [0.25, 0.3) is 5.65 Å². The molecule has 4 rings (SSSR count). The smallest absolute Gasteiger partial charge is 0.274 e. The zero-order valence-electron chi connectivity index (χ0n) is 17.9. The number of aryl methyl sites for hydroxylation is 2. The first kappa shape index (κ1) is 20.3. The average molecular weight is 408 g/mol. The molecule has 1 saturated heterocycles. The number of nitrogens with zero attached hydrogens (tertiary/aromatic N) is 3. The molecule has 30 heavy (non-hydrogen) atoms. The number of pyridine rings is 1. The number of rotatable bonds is 6. The van der Waals surface area contributed by atoms with E-state index in [1.54, 1.807) is 14.2 Å². The van der Waals surface area contributed by atoms with E-state index >= 15 is 0 Å².